The molecule has 0 spiro atoms. The van der Waals surface area contributed by atoms with Crippen LogP contribution < -0.4 is 5.73 Å². The molecule has 1 aliphatic carbocycles. The maximum atomic E-state index is 13.0. The highest BCUT2D eigenvalue weighted by atomic mass is 19.3. The summed E-state index contributed by atoms with van der Waals surface area (Å²) in [6, 6.07) is 1.52. The van der Waals surface area contributed by atoms with Crippen LogP contribution in [0.5, 0.6) is 0 Å². The van der Waals surface area contributed by atoms with E-state index in [9.17, 15) is 8.78 Å². The van der Waals surface area contributed by atoms with Crippen LogP contribution in [0.15, 0.2) is 10.6 Å². The molecular weight excluding hydrogens is 178 g/mol. The third kappa shape index (κ3) is 0.997. The molecule has 2 N–H and O–H groups in total. The van der Waals surface area contributed by atoms with Gasteiger partial charge in [-0.25, -0.2) is 8.78 Å². The van der Waals surface area contributed by atoms with Crippen LogP contribution in [0.4, 0.5) is 8.78 Å². The Bertz CT molecular complexity index is 337. The van der Waals surface area contributed by atoms with Crippen LogP contribution in [0.2, 0.25) is 0 Å². The van der Waals surface area contributed by atoms with Crippen molar-refractivity contribution in [3.05, 3.63) is 17.5 Å². The number of rotatable bonds is 2. The molecule has 0 radical (unpaired) electrons. The fraction of sp³-hybridized carbons (Fsp3) is 0.625. The lowest BCUT2D eigenvalue weighted by atomic mass is 10.0. The molecule has 0 saturated heterocycles. The summed E-state index contributed by atoms with van der Waals surface area (Å²) < 4.78 is 30.7. The highest BCUT2D eigenvalue weighted by molar-refractivity contribution is 5.33. The van der Waals surface area contributed by atoms with Gasteiger partial charge in [-0.1, -0.05) is 5.16 Å². The van der Waals surface area contributed by atoms with Crippen molar-refractivity contribution in [2.45, 2.75) is 24.7 Å². The van der Waals surface area contributed by atoms with E-state index in [1.165, 1.54) is 6.07 Å². The summed E-state index contributed by atoms with van der Waals surface area (Å²) in [4.78, 5) is 0. The van der Waals surface area contributed by atoms with Gasteiger partial charge in [0.2, 0.25) is 0 Å². The Morgan fingerprint density at radius 1 is 1.69 bits per heavy atom. The van der Waals surface area contributed by atoms with Crippen LogP contribution in [0.25, 0.3) is 0 Å². The van der Waals surface area contributed by atoms with Crippen molar-refractivity contribution in [2.75, 3.05) is 6.54 Å². The number of halogens is 2. The van der Waals surface area contributed by atoms with Gasteiger partial charge in [-0.3, -0.25) is 0 Å². The lowest BCUT2D eigenvalue weighted by molar-refractivity contribution is 0.0877. The third-order valence-electron chi connectivity index (χ3n) is 2.57. The van der Waals surface area contributed by atoms with Crippen molar-refractivity contribution in [1.29, 1.82) is 0 Å². The molecule has 5 heteroatoms. The smallest absolute Gasteiger partial charge is 0.261 e. The second-order valence-corrected chi connectivity index (χ2v) is 3.49. The van der Waals surface area contributed by atoms with Crippen LogP contribution in [-0.2, 0) is 5.41 Å². The number of aryl methyl sites for hydroxylation is 1. The van der Waals surface area contributed by atoms with Gasteiger partial charge in [0, 0.05) is 19.0 Å². The standard InChI is InChI=1S/C8H10F2N2O/c1-5-2-6(12-13-5)7(4-11)3-8(7,9)10/h2H,3-4,11H2,1H3. The molecular formula is C8H10F2N2O. The molecule has 1 aliphatic rings. The summed E-state index contributed by atoms with van der Waals surface area (Å²) in [5, 5.41) is 3.58. The average Bonchev–Trinajstić information content (AvgIpc) is 2.43. The summed E-state index contributed by atoms with van der Waals surface area (Å²) in [7, 11) is 0. The minimum atomic E-state index is -2.72. The van der Waals surface area contributed by atoms with Gasteiger partial charge < -0.3 is 10.3 Å². The van der Waals surface area contributed by atoms with E-state index in [1.807, 2.05) is 0 Å². The van der Waals surface area contributed by atoms with Crippen LogP contribution in [-0.4, -0.2) is 17.6 Å². The van der Waals surface area contributed by atoms with Gasteiger partial charge in [-0.15, -0.1) is 0 Å². The molecule has 1 aromatic heterocycles. The fourth-order valence-corrected chi connectivity index (χ4v) is 1.53. The lowest BCUT2D eigenvalue weighted by Crippen LogP contribution is -2.27. The van der Waals surface area contributed by atoms with Crippen LogP contribution in [0.1, 0.15) is 17.9 Å². The predicted molar refractivity (Wildman–Crippen MR) is 41.5 cm³/mol. The van der Waals surface area contributed by atoms with Crippen molar-refractivity contribution in [3.8, 4) is 0 Å². The normalized spacial score (nSPS) is 30.5. The van der Waals surface area contributed by atoms with Gasteiger partial charge in [-0.2, -0.15) is 0 Å². The van der Waals surface area contributed by atoms with Crippen LogP contribution in [0.3, 0.4) is 0 Å². The highest BCUT2D eigenvalue weighted by Crippen LogP contribution is 2.60. The molecule has 0 bridgehead atoms. The molecule has 3 nitrogen and oxygen atoms in total. The van der Waals surface area contributed by atoms with Gasteiger partial charge >= 0.3 is 0 Å². The minimum Gasteiger partial charge on any atom is -0.361 e. The molecule has 1 aromatic rings. The zero-order valence-electron chi connectivity index (χ0n) is 7.18. The number of hydrogen-bond donors (Lipinski definition) is 1. The highest BCUT2D eigenvalue weighted by Gasteiger charge is 2.72. The summed E-state index contributed by atoms with van der Waals surface area (Å²) >= 11 is 0. The predicted octanol–water partition coefficient (Wildman–Crippen LogP) is 1.22. The van der Waals surface area contributed by atoms with E-state index in [2.05, 4.69) is 5.16 Å². The van der Waals surface area contributed by atoms with Gasteiger partial charge in [0.1, 0.15) is 5.76 Å². The Morgan fingerprint density at radius 2 is 2.31 bits per heavy atom. The van der Waals surface area contributed by atoms with Crippen molar-refractivity contribution in [1.82, 2.24) is 5.16 Å². The van der Waals surface area contributed by atoms with E-state index < -0.39 is 11.3 Å². The van der Waals surface area contributed by atoms with Crippen molar-refractivity contribution in [2.24, 2.45) is 5.73 Å². The largest absolute Gasteiger partial charge is 0.361 e. The van der Waals surface area contributed by atoms with Crippen LogP contribution >= 0.6 is 0 Å². The molecule has 0 amide bonds. The second-order valence-electron chi connectivity index (χ2n) is 3.49. The molecule has 72 valence electrons. The second kappa shape index (κ2) is 2.29. The van der Waals surface area contributed by atoms with E-state index in [1.54, 1.807) is 6.92 Å². The SMILES string of the molecule is Cc1cc(C2(CN)CC2(F)F)no1. The quantitative estimate of drug-likeness (QED) is 0.759. The first kappa shape index (κ1) is 8.62. The molecule has 0 aliphatic heterocycles. The van der Waals surface area contributed by atoms with E-state index >= 15 is 0 Å². The Balaban J connectivity index is 2.35. The molecule has 1 atom stereocenters. The lowest BCUT2D eigenvalue weighted by Gasteiger charge is -2.08. The molecule has 1 unspecified atom stereocenters. The Morgan fingerprint density at radius 3 is 2.62 bits per heavy atom. The van der Waals surface area contributed by atoms with Gasteiger partial charge in [-0.05, 0) is 6.92 Å². The topological polar surface area (TPSA) is 52.0 Å². The molecule has 1 fully saturated rings. The van der Waals surface area contributed by atoms with E-state index in [0.717, 1.165) is 0 Å². The zero-order chi connectivity index (χ0) is 9.69. The summed E-state index contributed by atoms with van der Waals surface area (Å²) in [6.45, 7) is 1.58. The third-order valence-corrected chi connectivity index (χ3v) is 2.57. The summed E-state index contributed by atoms with van der Waals surface area (Å²) in [6.07, 6.45) is -0.220. The number of hydrogen-bond acceptors (Lipinski definition) is 3. The van der Waals surface area contributed by atoms with Crippen molar-refractivity contribution in [3.63, 3.8) is 0 Å². The van der Waals surface area contributed by atoms with Gasteiger partial charge in [0.25, 0.3) is 5.92 Å². The maximum Gasteiger partial charge on any atom is 0.261 e. The van der Waals surface area contributed by atoms with E-state index in [4.69, 9.17) is 10.3 Å². The number of aromatic nitrogens is 1. The first-order chi connectivity index (χ1) is 6.02. The first-order valence-corrected chi connectivity index (χ1v) is 4.03. The minimum absolute atomic E-state index is 0.0913. The molecule has 0 aromatic carbocycles. The van der Waals surface area contributed by atoms with E-state index in [-0.39, 0.29) is 18.7 Å². The van der Waals surface area contributed by atoms with Crippen molar-refractivity contribution >= 4 is 0 Å². The maximum absolute atomic E-state index is 13.0. The van der Waals surface area contributed by atoms with E-state index in [0.29, 0.717) is 5.76 Å². The average molecular weight is 188 g/mol. The van der Waals surface area contributed by atoms with Gasteiger partial charge in [0.05, 0.1) is 11.1 Å². The summed E-state index contributed by atoms with van der Waals surface area (Å²) in [5.74, 6) is -2.18. The monoisotopic (exact) mass is 188 g/mol. The van der Waals surface area contributed by atoms with Crippen LogP contribution in [0, 0.1) is 6.92 Å². The number of alkyl halides is 2. The fourth-order valence-electron chi connectivity index (χ4n) is 1.53. The molecule has 1 heterocycles. The summed E-state index contributed by atoms with van der Waals surface area (Å²) in [5.41, 5.74) is 4.34. The molecule has 1 saturated carbocycles. The first-order valence-electron chi connectivity index (χ1n) is 4.03. The Kier molecular flexibility index (Phi) is 1.52. The van der Waals surface area contributed by atoms with Gasteiger partial charge in [0.15, 0.2) is 0 Å². The Labute approximate surface area is 73.9 Å². The van der Waals surface area contributed by atoms with Crippen molar-refractivity contribution < 1.29 is 13.3 Å². The molecule has 13 heavy (non-hydrogen) atoms. The molecule has 2 rings (SSSR count). The number of nitrogens with two attached hydrogens (primary N) is 1. The Hall–Kier alpha value is -0.970. The number of nitrogens with zero attached hydrogens (tertiary/aromatic N) is 1. The zero-order valence-corrected chi connectivity index (χ0v) is 7.18.